The first-order valence-electron chi connectivity index (χ1n) is 13.1. The molecule has 8 rings (SSSR count). The number of thiazole rings is 1. The van der Waals surface area contributed by atoms with Crippen LogP contribution in [0.25, 0.3) is 65.1 Å². The van der Waals surface area contributed by atoms with Crippen molar-refractivity contribution in [1.82, 2.24) is 4.98 Å². The molecule has 1 saturated heterocycles. The molecule has 4 heteroatoms. The molecule has 1 fully saturated rings. The molecule has 1 aromatic heterocycles. The van der Waals surface area contributed by atoms with E-state index in [1.54, 1.807) is 11.3 Å². The molecule has 2 heterocycles. The van der Waals surface area contributed by atoms with Crippen molar-refractivity contribution in [3.05, 3.63) is 126 Å². The van der Waals surface area contributed by atoms with Crippen LogP contribution in [0, 0.1) is 0 Å². The fourth-order valence-corrected chi connectivity index (χ4v) is 7.34. The zero-order valence-electron chi connectivity index (χ0n) is 21.0. The van der Waals surface area contributed by atoms with E-state index in [1.165, 1.54) is 60.1 Å². The minimum Gasteiger partial charge on any atom is -0.318 e. The molecule has 7 aromatic rings. The summed E-state index contributed by atoms with van der Waals surface area (Å²) in [4.78, 5) is 4.58. The lowest BCUT2D eigenvalue weighted by Crippen LogP contribution is -2.00. The Morgan fingerprint density at radius 1 is 0.615 bits per heavy atom. The maximum absolute atomic E-state index is 6.23. The predicted octanol–water partition coefficient (Wildman–Crippen LogP) is 9.68. The van der Waals surface area contributed by atoms with Gasteiger partial charge in [-0.3, -0.25) is 0 Å². The van der Waals surface area contributed by atoms with Gasteiger partial charge in [0.25, 0.3) is 0 Å². The molecule has 0 saturated carbocycles. The van der Waals surface area contributed by atoms with Gasteiger partial charge < -0.3 is 5.73 Å². The monoisotopic (exact) mass is 536 g/mol. The summed E-state index contributed by atoms with van der Waals surface area (Å²) in [6, 6.07) is 40.1. The van der Waals surface area contributed by atoms with Crippen molar-refractivity contribution in [1.29, 1.82) is 0 Å². The van der Waals surface area contributed by atoms with Gasteiger partial charge >= 0.3 is 0 Å². The van der Waals surface area contributed by atoms with E-state index in [2.05, 4.69) is 114 Å². The number of benzene rings is 6. The molecule has 39 heavy (non-hydrogen) atoms. The van der Waals surface area contributed by atoms with Crippen molar-refractivity contribution >= 4 is 55.4 Å². The fraction of sp³-hybridized carbons (Fsp3) is 0.0571. The van der Waals surface area contributed by atoms with Gasteiger partial charge in [-0.25, -0.2) is 4.98 Å². The summed E-state index contributed by atoms with van der Waals surface area (Å²) in [5.41, 5.74) is 13.7. The summed E-state index contributed by atoms with van der Waals surface area (Å²) in [6.45, 7) is 0. The topological polar surface area (TPSA) is 38.9 Å². The SMILES string of the molecule is NC1S[C@H]1c1cccc(-c2c3ccccc3c(-c3cccc(-c4nccs4)c3)c3ccc4ccccc4c23)c1. The molecule has 6 aromatic carbocycles. The second kappa shape index (κ2) is 9.06. The van der Waals surface area contributed by atoms with Crippen LogP contribution in [0.5, 0.6) is 0 Å². The molecule has 2 N–H and O–H groups in total. The highest BCUT2D eigenvalue weighted by molar-refractivity contribution is 8.07. The number of nitrogens with two attached hydrogens (primary N) is 1. The molecule has 0 aliphatic carbocycles. The molecule has 0 amide bonds. The molecule has 0 radical (unpaired) electrons. The zero-order chi connectivity index (χ0) is 25.9. The third-order valence-corrected chi connectivity index (χ3v) is 9.73. The van der Waals surface area contributed by atoms with Gasteiger partial charge in [-0.1, -0.05) is 97.1 Å². The van der Waals surface area contributed by atoms with Crippen LogP contribution >= 0.6 is 23.1 Å². The number of nitrogens with zero attached hydrogens (tertiary/aromatic N) is 1. The smallest absolute Gasteiger partial charge is 0.123 e. The number of rotatable bonds is 4. The standard InChI is InChI=1S/C35H24N2S2/c36-34-33(39-34)24-10-5-9-23(19-24)31-28-14-4-3-13-27(28)30(22-8-6-11-25(20-22)35-37-17-18-38-35)29-16-15-21-7-1-2-12-26(21)32(29)31/h1-20,33-34H,36H2/t33-,34?/m0/s1. The zero-order valence-corrected chi connectivity index (χ0v) is 22.7. The molecular formula is C35H24N2S2. The fourth-order valence-electron chi connectivity index (χ4n) is 6.00. The van der Waals surface area contributed by atoms with Crippen molar-refractivity contribution in [2.45, 2.75) is 10.6 Å². The lowest BCUT2D eigenvalue weighted by Gasteiger charge is -2.20. The van der Waals surface area contributed by atoms with Gasteiger partial charge in [0.1, 0.15) is 5.01 Å². The van der Waals surface area contributed by atoms with Crippen LogP contribution in [-0.2, 0) is 0 Å². The van der Waals surface area contributed by atoms with Crippen molar-refractivity contribution in [2.24, 2.45) is 5.73 Å². The maximum Gasteiger partial charge on any atom is 0.123 e. The lowest BCUT2D eigenvalue weighted by molar-refractivity contribution is 0.992. The Hall–Kier alpha value is -3.96. The number of thioether (sulfide) groups is 1. The van der Waals surface area contributed by atoms with Gasteiger partial charge in [-0.05, 0) is 72.3 Å². The highest BCUT2D eigenvalue weighted by Crippen LogP contribution is 2.53. The third kappa shape index (κ3) is 3.79. The Morgan fingerprint density at radius 3 is 2.08 bits per heavy atom. The maximum atomic E-state index is 6.23. The largest absolute Gasteiger partial charge is 0.318 e. The Bertz CT molecular complexity index is 2030. The van der Waals surface area contributed by atoms with E-state index in [-0.39, 0.29) is 5.37 Å². The molecule has 0 spiro atoms. The van der Waals surface area contributed by atoms with E-state index < -0.39 is 0 Å². The summed E-state index contributed by atoms with van der Waals surface area (Å²) >= 11 is 3.51. The van der Waals surface area contributed by atoms with Crippen LogP contribution in [0.3, 0.4) is 0 Å². The van der Waals surface area contributed by atoms with E-state index >= 15 is 0 Å². The number of hydrogen-bond acceptors (Lipinski definition) is 4. The highest BCUT2D eigenvalue weighted by Gasteiger charge is 2.36. The van der Waals surface area contributed by atoms with Crippen molar-refractivity contribution < 1.29 is 0 Å². The second-order valence-electron chi connectivity index (χ2n) is 10.1. The molecule has 2 nitrogen and oxygen atoms in total. The number of fused-ring (bicyclic) bond motifs is 4. The Kier molecular flexibility index (Phi) is 5.34. The van der Waals surface area contributed by atoms with E-state index in [0.29, 0.717) is 5.25 Å². The van der Waals surface area contributed by atoms with Gasteiger partial charge in [-0.15, -0.1) is 23.1 Å². The second-order valence-corrected chi connectivity index (χ2v) is 12.3. The van der Waals surface area contributed by atoms with Gasteiger partial charge in [0.05, 0.1) is 10.6 Å². The lowest BCUT2D eigenvalue weighted by atomic mass is 9.83. The summed E-state index contributed by atoms with van der Waals surface area (Å²) < 4.78 is 0. The normalized spacial score (nSPS) is 16.7. The van der Waals surface area contributed by atoms with E-state index in [9.17, 15) is 0 Å². The number of aromatic nitrogens is 1. The average molecular weight is 537 g/mol. The molecule has 2 atom stereocenters. The molecule has 0 bridgehead atoms. The summed E-state index contributed by atoms with van der Waals surface area (Å²) in [6.07, 6.45) is 1.87. The van der Waals surface area contributed by atoms with Gasteiger partial charge in [0.15, 0.2) is 0 Å². The summed E-state index contributed by atoms with van der Waals surface area (Å²) in [5.74, 6) is 0. The van der Waals surface area contributed by atoms with E-state index in [0.717, 1.165) is 10.6 Å². The average Bonchev–Trinajstić information content (AvgIpc) is 3.47. The molecular weight excluding hydrogens is 513 g/mol. The van der Waals surface area contributed by atoms with Crippen LogP contribution in [0.15, 0.2) is 121 Å². The van der Waals surface area contributed by atoms with Crippen molar-refractivity contribution in [3.63, 3.8) is 0 Å². The van der Waals surface area contributed by atoms with Gasteiger partial charge in [0, 0.05) is 17.1 Å². The third-order valence-electron chi connectivity index (χ3n) is 7.77. The van der Waals surface area contributed by atoms with Crippen LogP contribution in [0.2, 0.25) is 0 Å². The highest BCUT2D eigenvalue weighted by atomic mass is 32.2. The minimum atomic E-state index is 0.196. The quantitative estimate of drug-likeness (QED) is 0.138. The molecule has 1 unspecified atom stereocenters. The van der Waals surface area contributed by atoms with Crippen LogP contribution in [0.1, 0.15) is 10.8 Å². The first-order valence-corrected chi connectivity index (χ1v) is 15.0. The minimum absolute atomic E-state index is 0.196. The first-order chi connectivity index (χ1) is 19.3. The summed E-state index contributed by atoms with van der Waals surface area (Å²) in [5, 5.41) is 11.3. The molecule has 1 aliphatic rings. The van der Waals surface area contributed by atoms with Crippen molar-refractivity contribution in [3.8, 4) is 32.8 Å². The van der Waals surface area contributed by atoms with E-state index in [4.69, 9.17) is 5.73 Å². The van der Waals surface area contributed by atoms with E-state index in [1.807, 2.05) is 23.3 Å². The first kappa shape index (κ1) is 23.0. The Morgan fingerprint density at radius 2 is 1.31 bits per heavy atom. The van der Waals surface area contributed by atoms with Crippen LogP contribution < -0.4 is 5.73 Å². The number of hydrogen-bond donors (Lipinski definition) is 1. The molecule has 1 aliphatic heterocycles. The van der Waals surface area contributed by atoms with Gasteiger partial charge in [-0.2, -0.15) is 0 Å². The predicted molar refractivity (Wildman–Crippen MR) is 169 cm³/mol. The Labute approximate surface area is 235 Å². The molecule has 186 valence electrons. The summed E-state index contributed by atoms with van der Waals surface area (Å²) in [7, 11) is 0. The van der Waals surface area contributed by atoms with Crippen LogP contribution in [0.4, 0.5) is 0 Å². The Balaban J connectivity index is 1.51. The van der Waals surface area contributed by atoms with Gasteiger partial charge in [0.2, 0.25) is 0 Å². The van der Waals surface area contributed by atoms with Crippen molar-refractivity contribution in [2.75, 3.05) is 0 Å². The van der Waals surface area contributed by atoms with Crippen LogP contribution in [-0.4, -0.2) is 10.4 Å².